The molecule has 0 aliphatic rings. The van der Waals surface area contributed by atoms with Gasteiger partial charge in [0.25, 0.3) is 0 Å². The molecule has 28 heavy (non-hydrogen) atoms. The number of H-pyrrole nitrogens is 1. The van der Waals surface area contributed by atoms with Gasteiger partial charge in [0, 0.05) is 44.8 Å². The first-order valence-corrected chi connectivity index (χ1v) is 9.22. The van der Waals surface area contributed by atoms with E-state index in [-0.39, 0.29) is 24.0 Å². The molecule has 0 radical (unpaired) electrons. The van der Waals surface area contributed by atoms with Crippen molar-refractivity contribution in [1.82, 2.24) is 20.6 Å². The van der Waals surface area contributed by atoms with Crippen LogP contribution < -0.4 is 15.5 Å². The van der Waals surface area contributed by atoms with Gasteiger partial charge >= 0.3 is 0 Å². The molecule has 0 bridgehead atoms. The van der Waals surface area contributed by atoms with E-state index in [9.17, 15) is 0 Å². The molecule has 0 spiro atoms. The van der Waals surface area contributed by atoms with E-state index < -0.39 is 0 Å². The first kappa shape index (κ1) is 22.0. The number of benzene rings is 1. The quantitative estimate of drug-likeness (QED) is 0.280. The fourth-order valence-electron chi connectivity index (χ4n) is 3.17. The molecule has 3 aromatic rings. The maximum absolute atomic E-state index is 4.62. The number of halogens is 1. The Kier molecular flexibility index (Phi) is 8.10. The molecule has 3 N–H and O–H groups in total. The Labute approximate surface area is 183 Å². The van der Waals surface area contributed by atoms with Crippen molar-refractivity contribution in [3.8, 4) is 0 Å². The molecular formula is C21H29IN6. The minimum atomic E-state index is 0. The minimum absolute atomic E-state index is 0. The second-order valence-corrected chi connectivity index (χ2v) is 6.80. The summed E-state index contributed by atoms with van der Waals surface area (Å²) in [4.78, 5) is 14.3. The highest BCUT2D eigenvalue weighted by atomic mass is 127. The van der Waals surface area contributed by atoms with Crippen molar-refractivity contribution in [2.75, 3.05) is 32.6 Å². The van der Waals surface area contributed by atoms with E-state index in [1.807, 2.05) is 37.2 Å². The smallest absolute Gasteiger partial charge is 0.191 e. The molecule has 0 aliphatic heterocycles. The number of rotatable bonds is 6. The Morgan fingerprint density at radius 1 is 1.14 bits per heavy atom. The van der Waals surface area contributed by atoms with Crippen LogP contribution in [0.2, 0.25) is 0 Å². The maximum atomic E-state index is 4.62. The monoisotopic (exact) mass is 492 g/mol. The number of hydrogen-bond donors (Lipinski definition) is 3. The molecule has 0 unspecified atom stereocenters. The van der Waals surface area contributed by atoms with Crippen LogP contribution >= 0.6 is 24.0 Å². The van der Waals surface area contributed by atoms with Crippen LogP contribution in [0, 0.1) is 6.92 Å². The number of aliphatic imine (C=N–C) groups is 1. The number of guanidine groups is 1. The maximum Gasteiger partial charge on any atom is 0.191 e. The van der Waals surface area contributed by atoms with Gasteiger partial charge in [0.05, 0.1) is 12.2 Å². The molecule has 0 saturated heterocycles. The van der Waals surface area contributed by atoms with Gasteiger partial charge in [0.1, 0.15) is 5.82 Å². The van der Waals surface area contributed by atoms with Gasteiger partial charge in [-0.2, -0.15) is 0 Å². The summed E-state index contributed by atoms with van der Waals surface area (Å²) in [5.41, 5.74) is 4.81. The SMILES string of the molecule is CN=C(NCCc1c[nH]c2cccc(C)c12)NCc1cccc(N(C)C)n1.I. The van der Waals surface area contributed by atoms with Crippen molar-refractivity contribution in [3.05, 3.63) is 59.4 Å². The summed E-state index contributed by atoms with van der Waals surface area (Å²) in [5.74, 6) is 1.73. The molecule has 0 aliphatic carbocycles. The van der Waals surface area contributed by atoms with Gasteiger partial charge in [-0.15, -0.1) is 24.0 Å². The molecule has 1 aromatic carbocycles. The molecule has 2 aromatic heterocycles. The zero-order chi connectivity index (χ0) is 19.2. The predicted octanol–water partition coefficient (Wildman–Crippen LogP) is 3.46. The average molecular weight is 492 g/mol. The third-order valence-electron chi connectivity index (χ3n) is 4.59. The molecule has 2 heterocycles. The largest absolute Gasteiger partial charge is 0.363 e. The van der Waals surface area contributed by atoms with E-state index >= 15 is 0 Å². The van der Waals surface area contributed by atoms with Gasteiger partial charge in [0.2, 0.25) is 0 Å². The van der Waals surface area contributed by atoms with Crippen molar-refractivity contribution in [2.45, 2.75) is 19.9 Å². The highest BCUT2D eigenvalue weighted by Gasteiger charge is 2.07. The lowest BCUT2D eigenvalue weighted by atomic mass is 10.1. The fraction of sp³-hybridized carbons (Fsp3) is 0.333. The van der Waals surface area contributed by atoms with Crippen LogP contribution in [0.4, 0.5) is 5.82 Å². The highest BCUT2D eigenvalue weighted by Crippen LogP contribution is 2.22. The summed E-state index contributed by atoms with van der Waals surface area (Å²) in [7, 11) is 5.77. The first-order chi connectivity index (χ1) is 13.1. The van der Waals surface area contributed by atoms with Crippen LogP contribution in [-0.4, -0.2) is 43.6 Å². The molecule has 0 amide bonds. The molecule has 150 valence electrons. The molecule has 3 rings (SSSR count). The molecule has 0 fully saturated rings. The zero-order valence-corrected chi connectivity index (χ0v) is 19.2. The van der Waals surface area contributed by atoms with E-state index in [0.717, 1.165) is 30.4 Å². The van der Waals surface area contributed by atoms with Crippen molar-refractivity contribution >= 4 is 46.7 Å². The van der Waals surface area contributed by atoms with Gasteiger partial charge in [-0.05, 0) is 42.7 Å². The summed E-state index contributed by atoms with van der Waals surface area (Å²) in [6, 6.07) is 12.4. The van der Waals surface area contributed by atoms with E-state index in [1.165, 1.54) is 22.0 Å². The Bertz CT molecular complexity index is 932. The highest BCUT2D eigenvalue weighted by molar-refractivity contribution is 14.0. The van der Waals surface area contributed by atoms with Gasteiger partial charge in [-0.25, -0.2) is 4.98 Å². The molecule has 7 heteroatoms. The number of aromatic nitrogens is 2. The lowest BCUT2D eigenvalue weighted by Gasteiger charge is -2.14. The molecular weight excluding hydrogens is 463 g/mol. The van der Waals surface area contributed by atoms with Crippen molar-refractivity contribution in [3.63, 3.8) is 0 Å². The number of anilines is 1. The summed E-state index contributed by atoms with van der Waals surface area (Å²) < 4.78 is 0. The second-order valence-electron chi connectivity index (χ2n) is 6.80. The molecule has 0 atom stereocenters. The Morgan fingerprint density at radius 2 is 1.93 bits per heavy atom. The lowest BCUT2D eigenvalue weighted by molar-refractivity contribution is 0.784. The Morgan fingerprint density at radius 3 is 2.68 bits per heavy atom. The number of nitrogens with one attached hydrogen (secondary N) is 3. The van der Waals surface area contributed by atoms with E-state index in [0.29, 0.717) is 6.54 Å². The van der Waals surface area contributed by atoms with Crippen LogP contribution in [0.15, 0.2) is 47.6 Å². The van der Waals surface area contributed by atoms with E-state index in [1.54, 1.807) is 7.05 Å². The zero-order valence-electron chi connectivity index (χ0n) is 16.9. The average Bonchev–Trinajstić information content (AvgIpc) is 3.09. The normalized spacial score (nSPS) is 11.2. The fourth-order valence-corrected chi connectivity index (χ4v) is 3.17. The number of nitrogens with zero attached hydrogens (tertiary/aromatic N) is 3. The first-order valence-electron chi connectivity index (χ1n) is 9.22. The Balaban J connectivity index is 0.00000280. The van der Waals surface area contributed by atoms with E-state index in [4.69, 9.17) is 0 Å². The summed E-state index contributed by atoms with van der Waals surface area (Å²) in [6.45, 7) is 3.60. The van der Waals surface area contributed by atoms with Crippen molar-refractivity contribution < 1.29 is 0 Å². The standard InChI is InChI=1S/C21H28N6.HI/c1-15-7-5-9-18-20(15)16(13-24-18)11-12-23-21(22-2)25-14-17-8-6-10-19(26-17)27(3)4;/h5-10,13,24H,11-12,14H2,1-4H3,(H2,22,23,25);1H. The number of hydrogen-bond acceptors (Lipinski definition) is 3. The van der Waals surface area contributed by atoms with Gasteiger partial charge in [-0.3, -0.25) is 4.99 Å². The van der Waals surface area contributed by atoms with Gasteiger partial charge in [0.15, 0.2) is 5.96 Å². The van der Waals surface area contributed by atoms with Crippen LogP contribution in [0.5, 0.6) is 0 Å². The predicted molar refractivity (Wildman–Crippen MR) is 129 cm³/mol. The Hall–Kier alpha value is -2.29. The van der Waals surface area contributed by atoms with Crippen LogP contribution in [0.25, 0.3) is 10.9 Å². The molecule has 6 nitrogen and oxygen atoms in total. The number of aromatic amines is 1. The number of aryl methyl sites for hydroxylation is 1. The summed E-state index contributed by atoms with van der Waals surface area (Å²) >= 11 is 0. The van der Waals surface area contributed by atoms with Crippen LogP contribution in [0.1, 0.15) is 16.8 Å². The van der Waals surface area contributed by atoms with Crippen molar-refractivity contribution in [1.29, 1.82) is 0 Å². The third kappa shape index (κ3) is 5.37. The number of fused-ring (bicyclic) bond motifs is 1. The lowest BCUT2D eigenvalue weighted by Crippen LogP contribution is -2.38. The minimum Gasteiger partial charge on any atom is -0.363 e. The van der Waals surface area contributed by atoms with Crippen LogP contribution in [-0.2, 0) is 13.0 Å². The van der Waals surface area contributed by atoms with Gasteiger partial charge in [-0.1, -0.05) is 18.2 Å². The number of pyridine rings is 1. The third-order valence-corrected chi connectivity index (χ3v) is 4.59. The second kappa shape index (κ2) is 10.3. The van der Waals surface area contributed by atoms with Gasteiger partial charge < -0.3 is 20.5 Å². The van der Waals surface area contributed by atoms with E-state index in [2.05, 4.69) is 56.9 Å². The topological polar surface area (TPSA) is 68.3 Å². The summed E-state index contributed by atoms with van der Waals surface area (Å²) in [6.07, 6.45) is 3.03. The van der Waals surface area contributed by atoms with Crippen LogP contribution in [0.3, 0.4) is 0 Å². The molecule has 0 saturated carbocycles. The summed E-state index contributed by atoms with van der Waals surface area (Å²) in [5, 5.41) is 8.04. The van der Waals surface area contributed by atoms with Crippen molar-refractivity contribution in [2.24, 2.45) is 4.99 Å².